The fourth-order valence-electron chi connectivity index (χ4n) is 1.70. The molecule has 0 atom stereocenters. The molecular formula is C13H18ClNO2. The van der Waals surface area contributed by atoms with Crippen molar-refractivity contribution < 1.29 is 9.63 Å². The van der Waals surface area contributed by atoms with Gasteiger partial charge in [-0.15, -0.1) is 0 Å². The Morgan fingerprint density at radius 3 is 2.35 bits per heavy atom. The van der Waals surface area contributed by atoms with Gasteiger partial charge in [-0.05, 0) is 24.1 Å². The quantitative estimate of drug-likeness (QED) is 0.775. The Kier molecular flexibility index (Phi) is 4.54. The van der Waals surface area contributed by atoms with Gasteiger partial charge in [0, 0.05) is 17.5 Å². The molecule has 0 N–H and O–H groups in total. The lowest BCUT2D eigenvalue weighted by Crippen LogP contribution is -2.39. The zero-order chi connectivity index (χ0) is 13.1. The Morgan fingerprint density at radius 2 is 1.88 bits per heavy atom. The number of amides is 1. The molecule has 4 heteroatoms. The second kappa shape index (κ2) is 5.52. The van der Waals surface area contributed by atoms with Crippen LogP contribution in [-0.4, -0.2) is 25.1 Å². The van der Waals surface area contributed by atoms with Gasteiger partial charge in [0.25, 0.3) is 5.91 Å². The van der Waals surface area contributed by atoms with Crippen LogP contribution >= 0.6 is 11.6 Å². The van der Waals surface area contributed by atoms with E-state index < -0.39 is 5.41 Å². The van der Waals surface area contributed by atoms with Gasteiger partial charge in [-0.25, -0.2) is 5.06 Å². The molecule has 17 heavy (non-hydrogen) atoms. The van der Waals surface area contributed by atoms with Crippen LogP contribution in [-0.2, 0) is 16.1 Å². The van der Waals surface area contributed by atoms with E-state index in [1.807, 2.05) is 38.1 Å². The second-order valence-corrected chi connectivity index (χ2v) is 5.11. The molecule has 0 aliphatic rings. The van der Waals surface area contributed by atoms with Crippen molar-refractivity contribution in [1.82, 2.24) is 5.06 Å². The maximum atomic E-state index is 12.0. The standard InChI is InChI=1S/C13H18ClNO2/c1-13(2,12(16)15(3)17-4)9-10-5-7-11(14)8-6-10/h5-8H,9H2,1-4H3. The summed E-state index contributed by atoms with van der Waals surface area (Å²) in [6.45, 7) is 3.80. The first-order valence-corrected chi connectivity index (χ1v) is 5.81. The molecule has 0 heterocycles. The maximum absolute atomic E-state index is 12.0. The van der Waals surface area contributed by atoms with Crippen LogP contribution in [0.25, 0.3) is 0 Å². The number of hydroxylamine groups is 2. The molecule has 1 rings (SSSR count). The molecular weight excluding hydrogens is 238 g/mol. The number of carbonyl (C=O) groups is 1. The minimum atomic E-state index is -0.501. The molecule has 0 aliphatic heterocycles. The Labute approximate surface area is 107 Å². The van der Waals surface area contributed by atoms with E-state index in [4.69, 9.17) is 16.4 Å². The van der Waals surface area contributed by atoms with Gasteiger partial charge in [-0.3, -0.25) is 9.63 Å². The third-order valence-electron chi connectivity index (χ3n) is 2.70. The van der Waals surface area contributed by atoms with Crippen molar-refractivity contribution in [2.24, 2.45) is 5.41 Å². The van der Waals surface area contributed by atoms with Gasteiger partial charge < -0.3 is 0 Å². The normalized spacial score (nSPS) is 11.4. The minimum absolute atomic E-state index is 0.0463. The van der Waals surface area contributed by atoms with Gasteiger partial charge in [-0.1, -0.05) is 37.6 Å². The lowest BCUT2D eigenvalue weighted by atomic mass is 9.85. The highest BCUT2D eigenvalue weighted by Crippen LogP contribution is 2.25. The smallest absolute Gasteiger partial charge is 0.251 e. The predicted octanol–water partition coefficient (Wildman–Crippen LogP) is 2.93. The first-order valence-electron chi connectivity index (χ1n) is 5.43. The summed E-state index contributed by atoms with van der Waals surface area (Å²) in [4.78, 5) is 17.0. The largest absolute Gasteiger partial charge is 0.275 e. The molecule has 0 aromatic heterocycles. The average molecular weight is 256 g/mol. The summed E-state index contributed by atoms with van der Waals surface area (Å²) < 4.78 is 0. The van der Waals surface area contributed by atoms with E-state index in [0.717, 1.165) is 5.56 Å². The number of carbonyl (C=O) groups excluding carboxylic acids is 1. The van der Waals surface area contributed by atoms with Crippen LogP contribution in [0.2, 0.25) is 5.02 Å². The summed E-state index contributed by atoms with van der Waals surface area (Å²) in [5, 5.41) is 1.96. The lowest BCUT2D eigenvalue weighted by molar-refractivity contribution is -0.178. The first-order chi connectivity index (χ1) is 7.86. The van der Waals surface area contributed by atoms with E-state index in [1.165, 1.54) is 12.2 Å². The van der Waals surface area contributed by atoms with Crippen molar-refractivity contribution in [3.63, 3.8) is 0 Å². The second-order valence-electron chi connectivity index (χ2n) is 4.67. The predicted molar refractivity (Wildman–Crippen MR) is 68.7 cm³/mol. The number of hydrogen-bond donors (Lipinski definition) is 0. The molecule has 94 valence electrons. The summed E-state index contributed by atoms with van der Waals surface area (Å²) in [7, 11) is 3.10. The van der Waals surface area contributed by atoms with Gasteiger partial charge in [0.05, 0.1) is 7.11 Å². The summed E-state index contributed by atoms with van der Waals surface area (Å²) in [5.74, 6) is -0.0463. The zero-order valence-corrected chi connectivity index (χ0v) is 11.4. The van der Waals surface area contributed by atoms with Gasteiger partial charge in [-0.2, -0.15) is 0 Å². The Balaban J connectivity index is 2.78. The molecule has 0 fully saturated rings. The van der Waals surface area contributed by atoms with Gasteiger partial charge in [0.15, 0.2) is 0 Å². The van der Waals surface area contributed by atoms with Crippen molar-refractivity contribution in [2.75, 3.05) is 14.2 Å². The van der Waals surface area contributed by atoms with E-state index in [-0.39, 0.29) is 5.91 Å². The van der Waals surface area contributed by atoms with Crippen LogP contribution in [0.3, 0.4) is 0 Å². The highest BCUT2D eigenvalue weighted by molar-refractivity contribution is 6.30. The highest BCUT2D eigenvalue weighted by Gasteiger charge is 2.31. The van der Waals surface area contributed by atoms with Crippen molar-refractivity contribution >= 4 is 17.5 Å². The fourth-order valence-corrected chi connectivity index (χ4v) is 1.82. The summed E-state index contributed by atoms with van der Waals surface area (Å²) in [6, 6.07) is 7.53. The molecule has 1 amide bonds. The molecule has 0 bridgehead atoms. The number of rotatable bonds is 4. The number of hydrogen-bond acceptors (Lipinski definition) is 2. The van der Waals surface area contributed by atoms with Crippen molar-refractivity contribution in [3.05, 3.63) is 34.9 Å². The lowest BCUT2D eigenvalue weighted by Gasteiger charge is -2.27. The Bertz CT molecular complexity index is 387. The molecule has 0 saturated heterocycles. The van der Waals surface area contributed by atoms with Crippen LogP contribution in [0.4, 0.5) is 0 Å². The zero-order valence-electron chi connectivity index (χ0n) is 10.7. The molecule has 0 saturated carbocycles. The van der Waals surface area contributed by atoms with Crippen molar-refractivity contribution in [2.45, 2.75) is 20.3 Å². The van der Waals surface area contributed by atoms with E-state index in [9.17, 15) is 4.79 Å². The SMILES string of the molecule is CON(C)C(=O)C(C)(C)Cc1ccc(Cl)cc1. The monoisotopic (exact) mass is 255 g/mol. The summed E-state index contributed by atoms with van der Waals surface area (Å²) in [5.41, 5.74) is 0.579. The molecule has 0 radical (unpaired) electrons. The van der Waals surface area contributed by atoms with E-state index in [0.29, 0.717) is 11.4 Å². The van der Waals surface area contributed by atoms with E-state index in [2.05, 4.69) is 0 Å². The molecule has 1 aromatic rings. The Hall–Kier alpha value is -1.06. The van der Waals surface area contributed by atoms with Crippen LogP contribution in [0.15, 0.2) is 24.3 Å². The average Bonchev–Trinajstić information content (AvgIpc) is 2.30. The summed E-state index contributed by atoms with van der Waals surface area (Å²) in [6.07, 6.45) is 0.650. The van der Waals surface area contributed by atoms with E-state index in [1.54, 1.807) is 7.05 Å². The maximum Gasteiger partial charge on any atom is 0.251 e. The van der Waals surface area contributed by atoms with Crippen LogP contribution in [0.1, 0.15) is 19.4 Å². The molecule has 0 spiro atoms. The molecule has 0 unspecified atom stereocenters. The molecule has 1 aromatic carbocycles. The Morgan fingerprint density at radius 1 is 1.35 bits per heavy atom. The minimum Gasteiger partial charge on any atom is -0.275 e. The topological polar surface area (TPSA) is 29.5 Å². The van der Waals surface area contributed by atoms with Crippen molar-refractivity contribution in [1.29, 1.82) is 0 Å². The number of benzene rings is 1. The van der Waals surface area contributed by atoms with Crippen LogP contribution in [0, 0.1) is 5.41 Å². The fraction of sp³-hybridized carbons (Fsp3) is 0.462. The van der Waals surface area contributed by atoms with Crippen LogP contribution < -0.4 is 0 Å². The van der Waals surface area contributed by atoms with Crippen molar-refractivity contribution in [3.8, 4) is 0 Å². The highest BCUT2D eigenvalue weighted by atomic mass is 35.5. The number of nitrogens with zero attached hydrogens (tertiary/aromatic N) is 1. The first kappa shape index (κ1) is 14.0. The molecule has 3 nitrogen and oxygen atoms in total. The summed E-state index contributed by atoms with van der Waals surface area (Å²) >= 11 is 5.82. The van der Waals surface area contributed by atoms with Gasteiger partial charge in [0.2, 0.25) is 0 Å². The molecule has 0 aliphatic carbocycles. The third-order valence-corrected chi connectivity index (χ3v) is 2.95. The van der Waals surface area contributed by atoms with Crippen LogP contribution in [0.5, 0.6) is 0 Å². The van der Waals surface area contributed by atoms with Gasteiger partial charge in [0.1, 0.15) is 0 Å². The van der Waals surface area contributed by atoms with E-state index >= 15 is 0 Å². The number of halogens is 1. The third kappa shape index (κ3) is 3.72. The van der Waals surface area contributed by atoms with Gasteiger partial charge >= 0.3 is 0 Å².